The lowest BCUT2D eigenvalue weighted by molar-refractivity contribution is 0.0982. The number of allylic oxidation sites excluding steroid dienone is 5. The second-order valence-corrected chi connectivity index (χ2v) is 10.8. The summed E-state index contributed by atoms with van der Waals surface area (Å²) in [5.74, 6) is -0.490. The number of carbonyl (C=O) groups excluding carboxylic acids is 1. The van der Waals surface area contributed by atoms with Gasteiger partial charge in [0.2, 0.25) is 0 Å². The lowest BCUT2D eigenvalue weighted by atomic mass is 9.94. The highest BCUT2D eigenvalue weighted by Gasteiger charge is 2.37. The molecule has 7 heteroatoms. The number of carbonyl (C=O) groups is 1. The number of hydrogen-bond acceptors (Lipinski definition) is 5. The minimum atomic E-state index is -0.378. The van der Waals surface area contributed by atoms with Gasteiger partial charge in [-0.25, -0.2) is 4.39 Å². The third-order valence-electron chi connectivity index (χ3n) is 7.60. The van der Waals surface area contributed by atoms with Crippen LogP contribution in [0, 0.1) is 5.82 Å². The van der Waals surface area contributed by atoms with E-state index in [1.54, 1.807) is 0 Å². The van der Waals surface area contributed by atoms with Crippen LogP contribution in [0.25, 0.3) is 5.57 Å². The summed E-state index contributed by atoms with van der Waals surface area (Å²) in [5.41, 5.74) is 4.33. The molecule has 1 atom stereocenters. The first-order valence-corrected chi connectivity index (χ1v) is 13.6. The summed E-state index contributed by atoms with van der Waals surface area (Å²) in [7, 11) is 0. The number of H-pyrrole nitrogens is 1. The number of rotatable bonds is 3. The lowest BCUT2D eigenvalue weighted by Gasteiger charge is -2.28. The molecule has 1 saturated carbocycles. The number of nitrogens with one attached hydrogen (secondary N) is 2. The Bertz CT molecular complexity index is 1310. The van der Waals surface area contributed by atoms with Gasteiger partial charge in [-0.05, 0) is 79.9 Å². The Balaban J connectivity index is 1.43. The molecule has 1 unspecified atom stereocenters. The number of Topliss-reactive ketones (excluding diaryl/α,β-unsaturated/α-hetero) is 1. The highest BCUT2D eigenvalue weighted by Crippen LogP contribution is 2.45. The number of ketones is 1. The van der Waals surface area contributed by atoms with E-state index in [4.69, 9.17) is 0 Å². The van der Waals surface area contributed by atoms with Gasteiger partial charge < -0.3 is 10.2 Å². The molecule has 2 aromatic rings. The predicted molar refractivity (Wildman–Crippen MR) is 139 cm³/mol. The number of aromatic amines is 1. The van der Waals surface area contributed by atoms with E-state index in [0.29, 0.717) is 29.2 Å². The smallest absolute Gasteiger partial charge is 0.263 e. The molecule has 2 fully saturated rings. The Hall–Kier alpha value is -2.77. The summed E-state index contributed by atoms with van der Waals surface area (Å²) in [6.07, 6.45) is 16.6. The van der Waals surface area contributed by atoms with Gasteiger partial charge in [0.15, 0.2) is 5.78 Å². The quantitative estimate of drug-likeness (QED) is 0.569. The van der Waals surface area contributed by atoms with Gasteiger partial charge in [0.05, 0.1) is 11.3 Å². The molecule has 0 bridgehead atoms. The number of nitrogens with zero attached hydrogens (tertiary/aromatic N) is 1. The van der Waals surface area contributed by atoms with E-state index in [2.05, 4.69) is 26.7 Å². The fourth-order valence-electron chi connectivity index (χ4n) is 5.54. The molecule has 0 spiro atoms. The van der Waals surface area contributed by atoms with Gasteiger partial charge in [-0.2, -0.15) is 0 Å². The lowest BCUT2D eigenvalue weighted by Crippen LogP contribution is -2.29. The van der Waals surface area contributed by atoms with Crippen LogP contribution in [0.3, 0.4) is 0 Å². The first-order chi connectivity index (χ1) is 17.1. The van der Waals surface area contributed by atoms with Gasteiger partial charge in [0.25, 0.3) is 5.56 Å². The van der Waals surface area contributed by atoms with E-state index in [0.717, 1.165) is 48.5 Å². The summed E-state index contributed by atoms with van der Waals surface area (Å²) in [6, 6.07) is 3.85. The maximum absolute atomic E-state index is 15.5. The molecule has 35 heavy (non-hydrogen) atoms. The van der Waals surface area contributed by atoms with Crippen molar-refractivity contribution in [3.8, 4) is 0 Å². The number of fused-ring (bicyclic) bond motifs is 2. The monoisotopic (exact) mass is 491 g/mol. The van der Waals surface area contributed by atoms with Crippen molar-refractivity contribution in [2.75, 3.05) is 11.4 Å². The first-order valence-electron chi connectivity index (χ1n) is 12.8. The molecule has 0 amide bonds. The molecule has 1 saturated heterocycles. The SMILES string of the molecule is O=C1CCc2c(s[nH]c2=O)N(C2CC2)c2cc(C3=CC=C(C4CCCCCN4)CC=C3)c(F)cc21. The Morgan fingerprint density at radius 2 is 1.89 bits per heavy atom. The van der Waals surface area contributed by atoms with E-state index in [9.17, 15) is 9.59 Å². The summed E-state index contributed by atoms with van der Waals surface area (Å²) in [6.45, 7) is 1.04. The van der Waals surface area contributed by atoms with E-state index >= 15 is 4.39 Å². The minimum Gasteiger partial charge on any atom is -0.328 e. The van der Waals surface area contributed by atoms with Gasteiger partial charge >= 0.3 is 0 Å². The topological polar surface area (TPSA) is 65.2 Å². The van der Waals surface area contributed by atoms with Crippen molar-refractivity contribution < 1.29 is 9.18 Å². The molecule has 2 aliphatic carbocycles. The summed E-state index contributed by atoms with van der Waals surface area (Å²) >= 11 is 1.32. The fourth-order valence-corrected chi connectivity index (χ4v) is 6.52. The van der Waals surface area contributed by atoms with Crippen LogP contribution in [-0.4, -0.2) is 28.8 Å². The van der Waals surface area contributed by atoms with Gasteiger partial charge in [0, 0.05) is 29.6 Å². The number of hydrogen-bond donors (Lipinski definition) is 2. The van der Waals surface area contributed by atoms with Gasteiger partial charge in [0.1, 0.15) is 10.8 Å². The van der Waals surface area contributed by atoms with Crippen LogP contribution in [-0.2, 0) is 6.42 Å². The normalized spacial score (nSPS) is 22.8. The van der Waals surface area contributed by atoms with Crippen molar-refractivity contribution in [2.24, 2.45) is 0 Å². The second-order valence-electron chi connectivity index (χ2n) is 10.0. The van der Waals surface area contributed by atoms with Crippen LogP contribution >= 0.6 is 11.5 Å². The molecule has 0 radical (unpaired) electrons. The van der Waals surface area contributed by atoms with Crippen LogP contribution in [0.4, 0.5) is 15.1 Å². The number of halogens is 1. The van der Waals surface area contributed by atoms with Crippen molar-refractivity contribution in [3.05, 3.63) is 74.9 Å². The van der Waals surface area contributed by atoms with Crippen molar-refractivity contribution in [1.29, 1.82) is 0 Å². The van der Waals surface area contributed by atoms with Crippen LogP contribution in [0.5, 0.6) is 0 Å². The Morgan fingerprint density at radius 1 is 1.00 bits per heavy atom. The molecule has 1 aromatic heterocycles. The average molecular weight is 492 g/mol. The zero-order chi connectivity index (χ0) is 23.9. The van der Waals surface area contributed by atoms with Crippen LogP contribution in [0.15, 0.2) is 46.8 Å². The molecular formula is C28H30FN3O2S. The first kappa shape index (κ1) is 22.7. The van der Waals surface area contributed by atoms with Crippen molar-refractivity contribution >= 4 is 33.6 Å². The third kappa shape index (κ3) is 4.36. The van der Waals surface area contributed by atoms with Crippen molar-refractivity contribution in [1.82, 2.24) is 9.69 Å². The molecule has 2 N–H and O–H groups in total. The largest absolute Gasteiger partial charge is 0.328 e. The van der Waals surface area contributed by atoms with Gasteiger partial charge in [-0.1, -0.05) is 37.1 Å². The fraction of sp³-hybridized carbons (Fsp3) is 0.429. The molecular weight excluding hydrogens is 461 g/mol. The van der Waals surface area contributed by atoms with E-state index in [1.165, 1.54) is 42.4 Å². The van der Waals surface area contributed by atoms with Crippen molar-refractivity contribution in [2.45, 2.75) is 69.9 Å². The van der Waals surface area contributed by atoms with Crippen molar-refractivity contribution in [3.63, 3.8) is 0 Å². The molecule has 2 aliphatic heterocycles. The summed E-state index contributed by atoms with van der Waals surface area (Å²) < 4.78 is 18.4. The van der Waals surface area contributed by atoms with E-state index in [-0.39, 0.29) is 29.6 Å². The molecule has 4 aliphatic rings. The number of benzene rings is 1. The molecule has 5 nitrogen and oxygen atoms in total. The number of anilines is 2. The van der Waals surface area contributed by atoms with E-state index in [1.807, 2.05) is 18.2 Å². The van der Waals surface area contributed by atoms with Crippen LogP contribution in [0.1, 0.15) is 72.9 Å². The minimum absolute atomic E-state index is 0.112. The van der Waals surface area contributed by atoms with E-state index < -0.39 is 0 Å². The average Bonchev–Trinajstić information content (AvgIpc) is 3.67. The maximum Gasteiger partial charge on any atom is 0.263 e. The highest BCUT2D eigenvalue weighted by molar-refractivity contribution is 7.10. The summed E-state index contributed by atoms with van der Waals surface area (Å²) in [4.78, 5) is 27.7. The second kappa shape index (κ2) is 9.36. The van der Waals surface area contributed by atoms with Gasteiger partial charge in [-0.15, -0.1) is 0 Å². The maximum atomic E-state index is 15.5. The standard InChI is InChI=1S/C28H30FN3O2S/c29-23-15-22-25(32(19-10-11-19)28-20(12-13-26(22)33)27(34)31-35-28)16-21(23)17-5-4-6-18(9-8-17)24-7-2-1-3-14-30-24/h4-5,8-9,15-16,19,24,30H,1-3,6-7,10-14H2,(H,31,34). The molecule has 1 aromatic carbocycles. The third-order valence-corrected chi connectivity index (χ3v) is 8.52. The summed E-state index contributed by atoms with van der Waals surface area (Å²) in [5, 5.41) is 4.53. The Labute approximate surface area is 208 Å². The molecule has 3 heterocycles. The zero-order valence-corrected chi connectivity index (χ0v) is 20.6. The van der Waals surface area contributed by atoms with Crippen LogP contribution in [0.2, 0.25) is 0 Å². The number of aromatic nitrogens is 1. The molecule has 6 rings (SSSR count). The Morgan fingerprint density at radius 3 is 2.74 bits per heavy atom. The Kier molecular flexibility index (Phi) is 6.06. The molecule has 182 valence electrons. The zero-order valence-electron chi connectivity index (χ0n) is 19.7. The van der Waals surface area contributed by atoms with Crippen LogP contribution < -0.4 is 15.8 Å². The highest BCUT2D eigenvalue weighted by atomic mass is 32.1. The van der Waals surface area contributed by atoms with Gasteiger partial charge in [-0.3, -0.25) is 14.0 Å². The predicted octanol–water partition coefficient (Wildman–Crippen LogP) is 5.81.